The molecule has 0 aromatic heterocycles. The molecule has 0 saturated carbocycles. The van der Waals surface area contributed by atoms with E-state index in [1.165, 1.54) is 95.5 Å². The number of anilines is 1. The van der Waals surface area contributed by atoms with E-state index in [1.807, 2.05) is 101 Å². The fraction of sp³-hybridized carbons (Fsp3) is 0.340. The number of para-hydroxylation sites is 1. The predicted molar refractivity (Wildman–Crippen MR) is 524 cm³/mol. The Kier molecular flexibility index (Phi) is 54.4. The van der Waals surface area contributed by atoms with Crippen molar-refractivity contribution in [1.82, 2.24) is 12.3 Å². The minimum absolute atomic E-state index is 0. The van der Waals surface area contributed by atoms with Crippen LogP contribution in [-0.2, 0) is 6.54 Å². The number of halogens is 8. The maximum atomic E-state index is 13.1. The molecule has 0 radical (unpaired) electrons. The largest absolute Gasteiger partial charge is 0.506 e. The molecule has 17 heteroatoms. The van der Waals surface area contributed by atoms with E-state index < -0.39 is 4.92 Å². The Morgan fingerprint density at radius 2 is 0.744 bits per heavy atom. The van der Waals surface area contributed by atoms with Gasteiger partial charge in [-0.2, -0.15) is 0 Å². The Labute approximate surface area is 753 Å². The first kappa shape index (κ1) is 110. The van der Waals surface area contributed by atoms with Gasteiger partial charge in [0.05, 0.1) is 31.1 Å². The zero-order valence-electron chi connectivity index (χ0n) is 73.2. The van der Waals surface area contributed by atoms with Gasteiger partial charge in [0.2, 0.25) is 0 Å². The number of nitro groups is 1. The second kappa shape index (κ2) is 57.9. The van der Waals surface area contributed by atoms with Gasteiger partial charge in [-0.1, -0.05) is 350 Å². The molecule has 0 aliphatic rings. The number of nitrogen functional groups attached to an aromatic ring is 1. The topological polar surface area (TPSA) is 195 Å². The van der Waals surface area contributed by atoms with Crippen molar-refractivity contribution < 1.29 is 23.5 Å². The monoisotopic (exact) mass is 1980 g/mol. The van der Waals surface area contributed by atoms with E-state index in [2.05, 4.69) is 347 Å². The van der Waals surface area contributed by atoms with Gasteiger partial charge in [-0.25, -0.2) is 8.78 Å². The van der Waals surface area contributed by atoms with Crippen molar-refractivity contribution in [3.8, 4) is 22.6 Å². The fourth-order valence-electron chi connectivity index (χ4n) is 10.5. The highest BCUT2D eigenvalue weighted by atomic mass is 79.9. The third-order valence-corrected chi connectivity index (χ3v) is 21.5. The number of methoxy groups -OCH3 is 1. The Balaban J connectivity index is 0.00000128. The molecule has 11 rings (SSSR count). The normalized spacial score (nSPS) is 10.3. The Morgan fingerprint density at radius 3 is 1.12 bits per heavy atom. The SMILES string of the molecule is CC(C)c1cc(Br)c(O)c(Br)c1.CC(C)c1cc(Br)cc(Br)c1.CC(C)c1ccc(-c2ccccc2)cc1.CC(C)c1ccc(CN)cc1.CC(C)c1ccc(F)cc1.CC(C)c1ccc([N+](=O)[O-])c(Br)c1.CC(C)c1cccc(Br)c1.COc1ccccc1C(C)C.Cc1cc(C(C)C)cc(F)c1N.Cc1ccc(C(C)C)cc1.N.N. The molecule has 636 valence electrons. The molecule has 0 fully saturated rings. The van der Waals surface area contributed by atoms with Crippen molar-refractivity contribution in [2.24, 2.45) is 5.73 Å². The van der Waals surface area contributed by atoms with Gasteiger partial charge in [-0.3, -0.25) is 10.1 Å². The van der Waals surface area contributed by atoms with Crippen LogP contribution in [0.3, 0.4) is 0 Å². The van der Waals surface area contributed by atoms with E-state index in [-0.39, 0.29) is 41.1 Å². The molecule has 0 saturated heterocycles. The van der Waals surface area contributed by atoms with Crippen molar-refractivity contribution in [3.63, 3.8) is 0 Å². The van der Waals surface area contributed by atoms with Crippen LogP contribution in [0.2, 0.25) is 0 Å². The number of benzene rings is 11. The molecule has 9 nitrogen and oxygen atoms in total. The van der Waals surface area contributed by atoms with Gasteiger partial charge < -0.3 is 33.6 Å². The Hall–Kier alpha value is -7.16. The van der Waals surface area contributed by atoms with E-state index in [4.69, 9.17) is 16.2 Å². The second-order valence-electron chi connectivity index (χ2n) is 31.0. The number of hydrogen-bond donors (Lipinski definition) is 5. The van der Waals surface area contributed by atoms with Crippen LogP contribution >= 0.6 is 95.6 Å². The maximum absolute atomic E-state index is 13.1. The summed E-state index contributed by atoms with van der Waals surface area (Å²) in [6, 6.07) is 78.4. The first-order valence-electron chi connectivity index (χ1n) is 39.3. The second-order valence-corrected chi connectivity index (χ2v) is 36.3. The maximum Gasteiger partial charge on any atom is 0.283 e. The Bertz CT molecular complexity index is 4420. The summed E-state index contributed by atoms with van der Waals surface area (Å²) >= 11 is 20.1. The minimum Gasteiger partial charge on any atom is -0.506 e. The lowest BCUT2D eigenvalue weighted by molar-refractivity contribution is -0.385. The molecule has 0 bridgehead atoms. The Morgan fingerprint density at radius 1 is 0.385 bits per heavy atom. The molecule has 0 heterocycles. The fourth-order valence-corrected chi connectivity index (χ4v) is 14.0. The molecule has 0 unspecified atom stereocenters. The van der Waals surface area contributed by atoms with E-state index >= 15 is 0 Å². The minimum atomic E-state index is -0.395. The van der Waals surface area contributed by atoms with Crippen LogP contribution in [-0.4, -0.2) is 17.1 Å². The van der Waals surface area contributed by atoms with Gasteiger partial charge in [-0.15, -0.1) is 0 Å². The van der Waals surface area contributed by atoms with E-state index in [0.717, 1.165) is 40.3 Å². The number of nitro benzene ring substituents is 1. The number of nitrogens with two attached hydrogens (primary N) is 2. The first-order chi connectivity index (χ1) is 54.0. The number of phenolic OH excluding ortho intramolecular Hbond substituents is 1. The lowest BCUT2D eigenvalue weighted by atomic mass is 9.99. The average Bonchev–Trinajstić information content (AvgIpc) is 0.864. The number of hydrogen-bond acceptors (Lipinski definition) is 8. The summed E-state index contributed by atoms with van der Waals surface area (Å²) in [4.78, 5) is 10.1. The van der Waals surface area contributed by atoms with Gasteiger partial charge in [0.1, 0.15) is 23.1 Å². The van der Waals surface area contributed by atoms with Gasteiger partial charge >= 0.3 is 0 Å². The smallest absolute Gasteiger partial charge is 0.283 e. The molecule has 117 heavy (non-hydrogen) atoms. The predicted octanol–water partition coefficient (Wildman–Crippen LogP) is 34.2. The molecular formula is C100H131Br6F2N5O4. The van der Waals surface area contributed by atoms with Crippen LogP contribution in [0.15, 0.2) is 263 Å². The first-order valence-corrected chi connectivity index (χ1v) is 44.1. The van der Waals surface area contributed by atoms with Crippen molar-refractivity contribution in [1.29, 1.82) is 0 Å². The summed E-state index contributed by atoms with van der Waals surface area (Å²) in [6.07, 6.45) is 0. The molecule has 11 aromatic rings. The van der Waals surface area contributed by atoms with Crippen LogP contribution in [0.25, 0.3) is 11.1 Å². The van der Waals surface area contributed by atoms with E-state index in [1.54, 1.807) is 19.2 Å². The van der Waals surface area contributed by atoms with Gasteiger partial charge in [0.25, 0.3) is 5.69 Å². The third kappa shape index (κ3) is 42.6. The molecule has 0 spiro atoms. The molecule has 0 aliphatic heterocycles. The summed E-state index contributed by atoms with van der Waals surface area (Å²) in [5, 5.41) is 19.9. The highest BCUT2D eigenvalue weighted by Crippen LogP contribution is 2.36. The molecular weight excluding hydrogens is 1850 g/mol. The van der Waals surface area contributed by atoms with Gasteiger partial charge in [-0.05, 0) is 272 Å². The summed E-state index contributed by atoms with van der Waals surface area (Å²) < 4.78 is 36.1. The van der Waals surface area contributed by atoms with Crippen LogP contribution in [0.4, 0.5) is 20.2 Å². The molecule has 0 atom stereocenters. The quantitative estimate of drug-likeness (QED) is 0.0403. The van der Waals surface area contributed by atoms with Crippen molar-refractivity contribution in [2.75, 3.05) is 12.8 Å². The van der Waals surface area contributed by atoms with Crippen molar-refractivity contribution >= 4 is 107 Å². The van der Waals surface area contributed by atoms with Crippen molar-refractivity contribution in [3.05, 3.63) is 357 Å². The standard InChI is InChI=1S/C15H16.C10H14FN.C10H15N.C10H14O.C10H14.C9H10Br2O.C9H10Br2.C9H10BrNO2.C9H11Br.C9H11F.2H3N/c1-12(2)13-8-10-15(11-9-13)14-6-4-3-5-7-14;1-6(2)8-4-7(3)10(12)9(11)5-8;1-8(2)10-5-3-9(7-11)4-6-10;1-8(2)9-6-4-5-7-10(9)11-3;1-8(2)10-6-4-9(3)5-7-10;1-5(2)6-3-7(10)9(12)8(11)4-6;1-6(2)7-3-8(10)5-9(11)4-7;1-6(2)7-3-4-9(11(12)13)8(10)5-7;1-7(2)8-4-3-5-9(10)6-8;1-7(2)8-3-5-9(10)6-4-8;;/h3-12H,1-2H3;4-6H,12H2,1-3H3;3-6,8H,7,11H2,1-2H3;4-8H,1-3H3;4-8H,1-3H3;3-5,12H,1-2H3;3-6H,1-2H3;3-6H,1-2H3;2*3-7H,1-2H3;2*1H3. The highest BCUT2D eigenvalue weighted by Gasteiger charge is 2.14. The van der Waals surface area contributed by atoms with E-state index in [0.29, 0.717) is 70.2 Å². The molecule has 11 aromatic carbocycles. The van der Waals surface area contributed by atoms with Crippen LogP contribution in [0.5, 0.6) is 11.5 Å². The zero-order chi connectivity index (χ0) is 86.9. The average molecular weight is 1980 g/mol. The van der Waals surface area contributed by atoms with E-state index in [9.17, 15) is 24.0 Å². The molecule has 0 aliphatic carbocycles. The number of phenols is 1. The number of aromatic hydroxyl groups is 1. The molecule has 0 amide bonds. The van der Waals surface area contributed by atoms with Crippen LogP contribution in [0, 0.1) is 35.6 Å². The van der Waals surface area contributed by atoms with Crippen molar-refractivity contribution in [2.45, 2.75) is 218 Å². The highest BCUT2D eigenvalue weighted by molar-refractivity contribution is 9.11. The number of rotatable bonds is 14. The van der Waals surface area contributed by atoms with Crippen LogP contribution in [0.1, 0.15) is 270 Å². The van der Waals surface area contributed by atoms with Gasteiger partial charge in [0, 0.05) is 26.0 Å². The lowest BCUT2D eigenvalue weighted by Gasteiger charge is -2.10. The number of ether oxygens (including phenoxy) is 1. The summed E-state index contributed by atoms with van der Waals surface area (Å²) in [6.45, 7) is 47.5. The summed E-state index contributed by atoms with van der Waals surface area (Å²) in [5.74, 6) is 6.09. The summed E-state index contributed by atoms with van der Waals surface area (Å²) in [5.41, 5.74) is 29.9. The lowest BCUT2D eigenvalue weighted by Crippen LogP contribution is -1.97. The molecule has 11 N–H and O–H groups in total. The zero-order valence-corrected chi connectivity index (χ0v) is 82.7. The summed E-state index contributed by atoms with van der Waals surface area (Å²) in [7, 11) is 1.71. The number of nitrogens with zero attached hydrogens (tertiary/aromatic N) is 1. The number of aryl methyl sites for hydroxylation is 2. The van der Waals surface area contributed by atoms with Crippen LogP contribution < -0.4 is 28.5 Å². The third-order valence-electron chi connectivity index (χ3n) is 18.2. The van der Waals surface area contributed by atoms with Gasteiger partial charge in [0.15, 0.2) is 0 Å².